The lowest BCUT2D eigenvalue weighted by Gasteiger charge is -2.38. The van der Waals surface area contributed by atoms with Gasteiger partial charge in [-0.1, -0.05) is 6.92 Å². The van der Waals surface area contributed by atoms with E-state index in [4.69, 9.17) is 4.74 Å². The van der Waals surface area contributed by atoms with Crippen LogP contribution in [0.15, 0.2) is 0 Å². The van der Waals surface area contributed by atoms with Crippen LogP contribution < -0.4 is 10.0 Å². The molecule has 0 spiro atoms. The van der Waals surface area contributed by atoms with E-state index in [9.17, 15) is 8.42 Å². The van der Waals surface area contributed by atoms with Gasteiger partial charge in [0.1, 0.15) is 0 Å². The van der Waals surface area contributed by atoms with E-state index in [1.54, 1.807) is 0 Å². The van der Waals surface area contributed by atoms with E-state index in [0.29, 0.717) is 6.54 Å². The van der Waals surface area contributed by atoms with Crippen molar-refractivity contribution in [2.24, 2.45) is 5.41 Å². The van der Waals surface area contributed by atoms with Gasteiger partial charge in [0, 0.05) is 18.5 Å². The highest BCUT2D eigenvalue weighted by Crippen LogP contribution is 2.24. The first-order valence-electron chi connectivity index (χ1n) is 5.14. The Morgan fingerprint density at radius 1 is 1.33 bits per heavy atom. The standard InChI is InChI=1S/C9H20N2O3S/c1-9(7-14-8-9)6-10-4-3-5-11-15(2,12)13/h10-11H,3-8H2,1-2H3. The van der Waals surface area contributed by atoms with E-state index in [2.05, 4.69) is 17.0 Å². The van der Waals surface area contributed by atoms with Crippen molar-refractivity contribution in [3.63, 3.8) is 0 Å². The summed E-state index contributed by atoms with van der Waals surface area (Å²) in [5.74, 6) is 0. The Hall–Kier alpha value is -0.170. The highest BCUT2D eigenvalue weighted by atomic mass is 32.2. The molecule has 0 amide bonds. The van der Waals surface area contributed by atoms with E-state index in [0.717, 1.165) is 32.7 Å². The lowest BCUT2D eigenvalue weighted by molar-refractivity contribution is -0.0989. The van der Waals surface area contributed by atoms with Gasteiger partial charge in [-0.25, -0.2) is 13.1 Å². The van der Waals surface area contributed by atoms with Crippen LogP contribution >= 0.6 is 0 Å². The van der Waals surface area contributed by atoms with Crippen molar-refractivity contribution in [2.75, 3.05) is 39.1 Å². The fourth-order valence-corrected chi connectivity index (χ4v) is 1.93. The number of sulfonamides is 1. The van der Waals surface area contributed by atoms with Crippen molar-refractivity contribution in [1.82, 2.24) is 10.0 Å². The zero-order valence-corrected chi connectivity index (χ0v) is 10.2. The first-order chi connectivity index (χ1) is 6.91. The fourth-order valence-electron chi connectivity index (χ4n) is 1.41. The third kappa shape index (κ3) is 5.46. The lowest BCUT2D eigenvalue weighted by atomic mass is 9.89. The molecule has 0 aromatic rings. The van der Waals surface area contributed by atoms with Crippen LogP contribution in [0.3, 0.4) is 0 Å². The molecule has 0 radical (unpaired) electrons. The van der Waals surface area contributed by atoms with Crippen LogP contribution in [0.1, 0.15) is 13.3 Å². The maximum Gasteiger partial charge on any atom is 0.208 e. The molecule has 1 aliphatic heterocycles. The summed E-state index contributed by atoms with van der Waals surface area (Å²) in [7, 11) is -3.03. The Bertz CT molecular complexity index is 286. The minimum atomic E-state index is -3.03. The van der Waals surface area contributed by atoms with Crippen LogP contribution in [-0.2, 0) is 14.8 Å². The normalized spacial score (nSPS) is 19.9. The lowest BCUT2D eigenvalue weighted by Crippen LogP contribution is -2.47. The Balaban J connectivity index is 1.93. The summed E-state index contributed by atoms with van der Waals surface area (Å²) in [6, 6.07) is 0. The summed E-state index contributed by atoms with van der Waals surface area (Å²) < 4.78 is 29.0. The van der Waals surface area contributed by atoms with Gasteiger partial charge in [-0.3, -0.25) is 0 Å². The molecule has 6 heteroatoms. The number of nitrogens with one attached hydrogen (secondary N) is 2. The Morgan fingerprint density at radius 3 is 2.47 bits per heavy atom. The maximum absolute atomic E-state index is 10.7. The van der Waals surface area contributed by atoms with Crippen LogP contribution in [0.2, 0.25) is 0 Å². The van der Waals surface area contributed by atoms with E-state index < -0.39 is 10.0 Å². The van der Waals surface area contributed by atoms with Crippen LogP contribution in [-0.4, -0.2) is 47.5 Å². The number of rotatable bonds is 7. The fraction of sp³-hybridized carbons (Fsp3) is 1.00. The van der Waals surface area contributed by atoms with E-state index in [-0.39, 0.29) is 5.41 Å². The van der Waals surface area contributed by atoms with Crippen molar-refractivity contribution < 1.29 is 13.2 Å². The topological polar surface area (TPSA) is 67.4 Å². The molecule has 0 unspecified atom stereocenters. The average molecular weight is 236 g/mol. The van der Waals surface area contributed by atoms with Gasteiger partial charge in [0.2, 0.25) is 10.0 Å². The predicted molar refractivity (Wildman–Crippen MR) is 59.3 cm³/mol. The second-order valence-corrected chi connectivity index (χ2v) is 6.33. The van der Waals surface area contributed by atoms with Gasteiger partial charge in [0.05, 0.1) is 19.5 Å². The number of ether oxygens (including phenoxy) is 1. The largest absolute Gasteiger partial charge is 0.380 e. The predicted octanol–water partition coefficient (Wildman–Crippen LogP) is -0.448. The third-order valence-electron chi connectivity index (χ3n) is 2.35. The molecule has 1 fully saturated rings. The molecule has 0 atom stereocenters. The van der Waals surface area contributed by atoms with Crippen molar-refractivity contribution in [1.29, 1.82) is 0 Å². The molecule has 90 valence electrons. The van der Waals surface area contributed by atoms with Gasteiger partial charge in [0.25, 0.3) is 0 Å². The molecule has 0 bridgehead atoms. The van der Waals surface area contributed by atoms with Gasteiger partial charge < -0.3 is 10.1 Å². The molecule has 1 saturated heterocycles. The molecule has 1 heterocycles. The van der Waals surface area contributed by atoms with Gasteiger partial charge in [-0.05, 0) is 13.0 Å². The van der Waals surface area contributed by atoms with E-state index in [1.807, 2.05) is 0 Å². The molecule has 1 aliphatic rings. The molecular formula is C9H20N2O3S. The summed E-state index contributed by atoms with van der Waals surface area (Å²) in [5.41, 5.74) is 0.282. The number of hydrogen-bond acceptors (Lipinski definition) is 4. The molecule has 15 heavy (non-hydrogen) atoms. The summed E-state index contributed by atoms with van der Waals surface area (Å²) in [5, 5.41) is 3.30. The SMILES string of the molecule is CC1(CNCCCNS(C)(=O)=O)COC1. The van der Waals surface area contributed by atoms with Crippen LogP contribution in [0.25, 0.3) is 0 Å². The Labute approximate surface area is 91.6 Å². The molecule has 1 rings (SSSR count). The van der Waals surface area contributed by atoms with Crippen LogP contribution in [0.4, 0.5) is 0 Å². The Kier molecular flexibility index (Phi) is 4.51. The molecule has 0 aromatic heterocycles. The highest BCUT2D eigenvalue weighted by Gasteiger charge is 2.32. The van der Waals surface area contributed by atoms with Gasteiger partial charge in [-0.15, -0.1) is 0 Å². The molecule has 0 aromatic carbocycles. The minimum Gasteiger partial charge on any atom is -0.380 e. The summed E-state index contributed by atoms with van der Waals surface area (Å²) >= 11 is 0. The maximum atomic E-state index is 10.7. The molecule has 0 aliphatic carbocycles. The minimum absolute atomic E-state index is 0.282. The molecular weight excluding hydrogens is 216 g/mol. The number of hydrogen-bond donors (Lipinski definition) is 2. The van der Waals surface area contributed by atoms with Crippen LogP contribution in [0.5, 0.6) is 0 Å². The smallest absolute Gasteiger partial charge is 0.208 e. The van der Waals surface area contributed by atoms with E-state index in [1.165, 1.54) is 6.26 Å². The second-order valence-electron chi connectivity index (χ2n) is 4.50. The van der Waals surface area contributed by atoms with Crippen LogP contribution in [0, 0.1) is 5.41 Å². The average Bonchev–Trinajstić information content (AvgIpc) is 2.06. The summed E-state index contributed by atoms with van der Waals surface area (Å²) in [6.07, 6.45) is 1.98. The Morgan fingerprint density at radius 2 is 2.00 bits per heavy atom. The van der Waals surface area contributed by atoms with Crippen molar-refractivity contribution in [2.45, 2.75) is 13.3 Å². The first-order valence-corrected chi connectivity index (χ1v) is 7.04. The van der Waals surface area contributed by atoms with Crippen molar-refractivity contribution in [3.05, 3.63) is 0 Å². The second kappa shape index (κ2) is 5.25. The quantitative estimate of drug-likeness (QED) is 0.588. The zero-order valence-electron chi connectivity index (χ0n) is 9.38. The van der Waals surface area contributed by atoms with Crippen molar-refractivity contribution in [3.8, 4) is 0 Å². The summed E-state index contributed by atoms with van der Waals surface area (Å²) in [6.45, 7) is 6.09. The first kappa shape index (κ1) is 12.9. The molecule has 0 saturated carbocycles. The van der Waals surface area contributed by atoms with Gasteiger partial charge >= 0.3 is 0 Å². The summed E-state index contributed by atoms with van der Waals surface area (Å²) in [4.78, 5) is 0. The van der Waals surface area contributed by atoms with Crippen molar-refractivity contribution >= 4 is 10.0 Å². The molecule has 2 N–H and O–H groups in total. The molecule has 5 nitrogen and oxygen atoms in total. The van der Waals surface area contributed by atoms with Gasteiger partial charge in [0.15, 0.2) is 0 Å². The third-order valence-corrected chi connectivity index (χ3v) is 3.08. The monoisotopic (exact) mass is 236 g/mol. The van der Waals surface area contributed by atoms with E-state index >= 15 is 0 Å². The highest BCUT2D eigenvalue weighted by molar-refractivity contribution is 7.88. The van der Waals surface area contributed by atoms with Gasteiger partial charge in [-0.2, -0.15) is 0 Å². The zero-order chi connectivity index (χ0) is 11.4.